The molecule has 2 heterocycles. The predicted octanol–water partition coefficient (Wildman–Crippen LogP) is 2.18. The van der Waals surface area contributed by atoms with E-state index in [2.05, 4.69) is 9.97 Å². The van der Waals surface area contributed by atoms with Crippen LogP contribution < -0.4 is 5.76 Å². The predicted molar refractivity (Wildman–Crippen MR) is 60.1 cm³/mol. The molecule has 0 spiro atoms. The van der Waals surface area contributed by atoms with Gasteiger partial charge < -0.3 is 4.42 Å². The number of aromatic amines is 1. The van der Waals surface area contributed by atoms with Crippen LogP contribution in [0.1, 0.15) is 0 Å². The van der Waals surface area contributed by atoms with Crippen molar-refractivity contribution in [3.63, 3.8) is 0 Å². The molecule has 2 aromatic heterocycles. The third-order valence-electron chi connectivity index (χ3n) is 2.41. The quantitative estimate of drug-likeness (QED) is 0.672. The van der Waals surface area contributed by atoms with Gasteiger partial charge in [-0.05, 0) is 23.8 Å². The van der Waals surface area contributed by atoms with Crippen LogP contribution in [0.2, 0.25) is 0 Å². The summed E-state index contributed by atoms with van der Waals surface area (Å²) in [4.78, 5) is 17.7. The second kappa shape index (κ2) is 3.34. The maximum absolute atomic E-state index is 11.0. The minimum absolute atomic E-state index is 0.432. The van der Waals surface area contributed by atoms with E-state index in [1.165, 1.54) is 0 Å². The number of pyridine rings is 1. The lowest BCUT2D eigenvalue weighted by molar-refractivity contribution is 0.555. The monoisotopic (exact) mass is 212 g/mol. The van der Waals surface area contributed by atoms with Crippen LogP contribution >= 0.6 is 0 Å². The Labute approximate surface area is 90.6 Å². The number of benzene rings is 1. The van der Waals surface area contributed by atoms with Gasteiger partial charge in [0.1, 0.15) is 0 Å². The minimum Gasteiger partial charge on any atom is -0.408 e. The van der Waals surface area contributed by atoms with E-state index in [1.807, 2.05) is 24.3 Å². The van der Waals surface area contributed by atoms with E-state index in [9.17, 15) is 4.79 Å². The summed E-state index contributed by atoms with van der Waals surface area (Å²) >= 11 is 0. The maximum atomic E-state index is 11.0. The lowest BCUT2D eigenvalue weighted by Gasteiger charge is -1.99. The molecule has 4 nitrogen and oxygen atoms in total. The van der Waals surface area contributed by atoms with Gasteiger partial charge in [0.15, 0.2) is 5.58 Å². The van der Waals surface area contributed by atoms with Gasteiger partial charge in [0.05, 0.1) is 5.52 Å². The second-order valence-electron chi connectivity index (χ2n) is 3.47. The number of aromatic nitrogens is 2. The third kappa shape index (κ3) is 1.40. The molecule has 0 amide bonds. The summed E-state index contributed by atoms with van der Waals surface area (Å²) < 4.78 is 4.93. The van der Waals surface area contributed by atoms with Gasteiger partial charge in [-0.25, -0.2) is 4.79 Å². The maximum Gasteiger partial charge on any atom is 0.417 e. The Hall–Kier alpha value is -2.36. The molecule has 0 aliphatic heterocycles. The standard InChI is InChI=1S/C12H8N2O2/c15-12-14-10-6-8(3-4-11(10)16-12)9-2-1-5-13-7-9/h1-7H,(H,14,15). The van der Waals surface area contributed by atoms with E-state index in [0.29, 0.717) is 11.1 Å². The molecule has 16 heavy (non-hydrogen) atoms. The van der Waals surface area contributed by atoms with Gasteiger partial charge in [0, 0.05) is 18.0 Å². The minimum atomic E-state index is -0.432. The van der Waals surface area contributed by atoms with Crippen molar-refractivity contribution in [1.29, 1.82) is 0 Å². The van der Waals surface area contributed by atoms with Crippen molar-refractivity contribution in [2.75, 3.05) is 0 Å². The Bertz CT molecular complexity index is 683. The van der Waals surface area contributed by atoms with Gasteiger partial charge in [0.25, 0.3) is 0 Å². The van der Waals surface area contributed by atoms with Gasteiger partial charge in [-0.1, -0.05) is 12.1 Å². The SMILES string of the molecule is O=c1[nH]c2cc(-c3cccnc3)ccc2o1. The zero-order valence-electron chi connectivity index (χ0n) is 8.31. The molecule has 1 N–H and O–H groups in total. The zero-order chi connectivity index (χ0) is 11.0. The molecule has 0 saturated heterocycles. The number of H-pyrrole nitrogens is 1. The molecule has 0 aliphatic carbocycles. The Kier molecular flexibility index (Phi) is 1.86. The van der Waals surface area contributed by atoms with Crippen LogP contribution in [0.15, 0.2) is 51.9 Å². The van der Waals surface area contributed by atoms with Gasteiger partial charge in [0.2, 0.25) is 0 Å². The molecule has 0 unspecified atom stereocenters. The van der Waals surface area contributed by atoms with Gasteiger partial charge >= 0.3 is 5.76 Å². The van der Waals surface area contributed by atoms with Crippen LogP contribution in [0.3, 0.4) is 0 Å². The van der Waals surface area contributed by atoms with Crippen LogP contribution in [-0.2, 0) is 0 Å². The average Bonchev–Trinajstić information content (AvgIpc) is 2.69. The fourth-order valence-corrected chi connectivity index (χ4v) is 1.67. The molecule has 0 atom stereocenters. The van der Waals surface area contributed by atoms with E-state index in [-0.39, 0.29) is 0 Å². The van der Waals surface area contributed by atoms with Crippen molar-refractivity contribution >= 4 is 11.1 Å². The van der Waals surface area contributed by atoms with E-state index in [0.717, 1.165) is 11.1 Å². The number of hydrogen-bond donors (Lipinski definition) is 1. The molecule has 3 aromatic rings. The molecule has 3 rings (SSSR count). The number of rotatable bonds is 1. The Morgan fingerprint density at radius 2 is 2.12 bits per heavy atom. The first kappa shape index (κ1) is 8.91. The lowest BCUT2D eigenvalue weighted by Crippen LogP contribution is -1.92. The van der Waals surface area contributed by atoms with Crippen LogP contribution in [0.25, 0.3) is 22.2 Å². The molecular weight excluding hydrogens is 204 g/mol. The molecule has 0 aliphatic rings. The third-order valence-corrected chi connectivity index (χ3v) is 2.41. The Morgan fingerprint density at radius 3 is 2.94 bits per heavy atom. The highest BCUT2D eigenvalue weighted by atomic mass is 16.4. The van der Waals surface area contributed by atoms with Crippen molar-refractivity contribution in [2.24, 2.45) is 0 Å². The van der Waals surface area contributed by atoms with E-state index < -0.39 is 5.76 Å². The molecular formula is C12H8N2O2. The van der Waals surface area contributed by atoms with Crippen LogP contribution in [-0.4, -0.2) is 9.97 Å². The summed E-state index contributed by atoms with van der Waals surface area (Å²) in [6, 6.07) is 9.38. The van der Waals surface area contributed by atoms with Gasteiger partial charge in [-0.2, -0.15) is 0 Å². The second-order valence-corrected chi connectivity index (χ2v) is 3.47. The van der Waals surface area contributed by atoms with E-state index in [1.54, 1.807) is 18.5 Å². The summed E-state index contributed by atoms with van der Waals surface area (Å²) in [7, 11) is 0. The topological polar surface area (TPSA) is 58.9 Å². The zero-order valence-corrected chi connectivity index (χ0v) is 8.31. The van der Waals surface area contributed by atoms with Crippen LogP contribution in [0, 0.1) is 0 Å². The highest BCUT2D eigenvalue weighted by molar-refractivity contribution is 5.79. The smallest absolute Gasteiger partial charge is 0.408 e. The molecule has 78 valence electrons. The summed E-state index contributed by atoms with van der Waals surface area (Å²) in [6.45, 7) is 0. The highest BCUT2D eigenvalue weighted by Gasteiger charge is 2.03. The summed E-state index contributed by atoms with van der Waals surface area (Å²) in [5.74, 6) is -0.432. The number of nitrogens with zero attached hydrogens (tertiary/aromatic N) is 1. The first-order chi connectivity index (χ1) is 7.83. The Balaban J connectivity index is 2.22. The summed E-state index contributed by atoms with van der Waals surface area (Å²) in [5.41, 5.74) is 3.27. The fraction of sp³-hybridized carbons (Fsp3) is 0. The number of hydrogen-bond acceptors (Lipinski definition) is 3. The Morgan fingerprint density at radius 1 is 1.19 bits per heavy atom. The normalized spacial score (nSPS) is 10.8. The van der Waals surface area contributed by atoms with Gasteiger partial charge in [-0.3, -0.25) is 9.97 Å². The lowest BCUT2D eigenvalue weighted by atomic mass is 10.1. The summed E-state index contributed by atoms with van der Waals surface area (Å²) in [6.07, 6.45) is 3.50. The molecule has 0 bridgehead atoms. The van der Waals surface area contributed by atoms with E-state index in [4.69, 9.17) is 4.42 Å². The summed E-state index contributed by atoms with van der Waals surface area (Å²) in [5, 5.41) is 0. The van der Waals surface area contributed by atoms with Crippen molar-refractivity contribution in [3.05, 3.63) is 53.3 Å². The molecule has 1 aromatic carbocycles. The molecule has 0 fully saturated rings. The van der Waals surface area contributed by atoms with Crippen molar-refractivity contribution < 1.29 is 4.42 Å². The van der Waals surface area contributed by atoms with Crippen molar-refractivity contribution in [1.82, 2.24) is 9.97 Å². The van der Waals surface area contributed by atoms with E-state index >= 15 is 0 Å². The highest BCUT2D eigenvalue weighted by Crippen LogP contribution is 2.21. The van der Waals surface area contributed by atoms with Crippen molar-refractivity contribution in [2.45, 2.75) is 0 Å². The number of nitrogens with one attached hydrogen (secondary N) is 1. The first-order valence-corrected chi connectivity index (χ1v) is 4.86. The molecule has 0 radical (unpaired) electrons. The number of oxazole rings is 1. The fourth-order valence-electron chi connectivity index (χ4n) is 1.67. The molecule has 4 heteroatoms. The largest absolute Gasteiger partial charge is 0.417 e. The molecule has 0 saturated carbocycles. The average molecular weight is 212 g/mol. The van der Waals surface area contributed by atoms with Crippen LogP contribution in [0.4, 0.5) is 0 Å². The first-order valence-electron chi connectivity index (χ1n) is 4.86. The van der Waals surface area contributed by atoms with Gasteiger partial charge in [-0.15, -0.1) is 0 Å². The van der Waals surface area contributed by atoms with Crippen LogP contribution in [0.5, 0.6) is 0 Å². The van der Waals surface area contributed by atoms with Crippen molar-refractivity contribution in [3.8, 4) is 11.1 Å². The number of fused-ring (bicyclic) bond motifs is 1.